The number of carbonyl (C=O) groups excluding carboxylic acids is 1. The van der Waals surface area contributed by atoms with Gasteiger partial charge in [-0.15, -0.1) is 0 Å². The number of ether oxygens (including phenoxy) is 1. The lowest BCUT2D eigenvalue weighted by Crippen LogP contribution is -2.31. The summed E-state index contributed by atoms with van der Waals surface area (Å²) >= 11 is 0. The molecule has 4 nitrogen and oxygen atoms in total. The molecule has 0 unspecified atom stereocenters. The van der Waals surface area contributed by atoms with Gasteiger partial charge in [-0.3, -0.25) is 4.79 Å². The van der Waals surface area contributed by atoms with Crippen molar-refractivity contribution >= 4 is 5.91 Å². The van der Waals surface area contributed by atoms with Crippen LogP contribution in [0.5, 0.6) is 5.75 Å². The Morgan fingerprint density at radius 1 is 1.47 bits per heavy atom. The molecule has 2 rings (SSSR count). The molecule has 1 aliphatic rings. The molecule has 2 N–H and O–H groups in total. The third kappa shape index (κ3) is 3.92. The standard InChI is InChI=1S/C14H19FN2O2/c15-12-4-1-2-5-13(12)19-9-3-6-14(18)17-8-7-11(16)10-17/h1-2,4-5,11H,3,6-10,16H2/t11-/m1/s1. The molecule has 1 amide bonds. The molecule has 1 aromatic carbocycles. The Bertz CT molecular complexity index is 439. The number of hydrogen-bond acceptors (Lipinski definition) is 3. The van der Waals surface area contributed by atoms with Crippen molar-refractivity contribution in [1.82, 2.24) is 4.90 Å². The highest BCUT2D eigenvalue weighted by Gasteiger charge is 2.22. The predicted molar refractivity (Wildman–Crippen MR) is 70.3 cm³/mol. The number of likely N-dealkylation sites (tertiary alicyclic amines) is 1. The Morgan fingerprint density at radius 2 is 2.26 bits per heavy atom. The highest BCUT2D eigenvalue weighted by molar-refractivity contribution is 5.76. The van der Waals surface area contributed by atoms with Crippen molar-refractivity contribution in [3.8, 4) is 5.75 Å². The maximum atomic E-state index is 13.3. The van der Waals surface area contributed by atoms with Gasteiger partial charge in [-0.05, 0) is 25.0 Å². The van der Waals surface area contributed by atoms with Crippen LogP contribution in [0.15, 0.2) is 24.3 Å². The van der Waals surface area contributed by atoms with Gasteiger partial charge in [0.15, 0.2) is 11.6 Å². The molecule has 104 valence electrons. The van der Waals surface area contributed by atoms with Gasteiger partial charge in [-0.2, -0.15) is 0 Å². The first-order valence-corrected chi connectivity index (χ1v) is 6.57. The summed E-state index contributed by atoms with van der Waals surface area (Å²) in [5.41, 5.74) is 5.75. The second-order valence-corrected chi connectivity index (χ2v) is 4.77. The molecule has 1 aromatic rings. The van der Waals surface area contributed by atoms with Crippen LogP contribution in [-0.4, -0.2) is 36.5 Å². The maximum absolute atomic E-state index is 13.3. The molecule has 0 radical (unpaired) electrons. The molecule has 0 aliphatic carbocycles. The van der Waals surface area contributed by atoms with E-state index in [4.69, 9.17) is 10.5 Å². The molecule has 1 fully saturated rings. The van der Waals surface area contributed by atoms with Crippen LogP contribution >= 0.6 is 0 Å². The van der Waals surface area contributed by atoms with Crippen molar-refractivity contribution in [2.45, 2.75) is 25.3 Å². The van der Waals surface area contributed by atoms with Gasteiger partial charge in [0.1, 0.15) is 0 Å². The topological polar surface area (TPSA) is 55.6 Å². The van der Waals surface area contributed by atoms with Crippen LogP contribution in [0.1, 0.15) is 19.3 Å². The van der Waals surface area contributed by atoms with Crippen LogP contribution in [0.2, 0.25) is 0 Å². The van der Waals surface area contributed by atoms with E-state index in [-0.39, 0.29) is 23.5 Å². The molecule has 1 aliphatic heterocycles. The average Bonchev–Trinajstić information content (AvgIpc) is 2.83. The first kappa shape index (κ1) is 13.8. The summed E-state index contributed by atoms with van der Waals surface area (Å²) in [5, 5.41) is 0. The van der Waals surface area contributed by atoms with E-state index in [0.29, 0.717) is 26.0 Å². The molecular weight excluding hydrogens is 247 g/mol. The Hall–Kier alpha value is -1.62. The van der Waals surface area contributed by atoms with Gasteiger partial charge in [0.25, 0.3) is 0 Å². The normalized spacial score (nSPS) is 18.6. The summed E-state index contributed by atoms with van der Waals surface area (Å²) in [6, 6.07) is 6.37. The summed E-state index contributed by atoms with van der Waals surface area (Å²) in [6.45, 7) is 1.73. The number of rotatable bonds is 5. The van der Waals surface area contributed by atoms with E-state index >= 15 is 0 Å². The van der Waals surface area contributed by atoms with Crippen molar-refractivity contribution in [2.24, 2.45) is 5.73 Å². The summed E-state index contributed by atoms with van der Waals surface area (Å²) in [6.07, 6.45) is 1.87. The fraction of sp³-hybridized carbons (Fsp3) is 0.500. The lowest BCUT2D eigenvalue weighted by molar-refractivity contribution is -0.130. The summed E-state index contributed by atoms with van der Waals surface area (Å²) in [7, 11) is 0. The van der Waals surface area contributed by atoms with Gasteiger partial charge in [0.05, 0.1) is 6.61 Å². The highest BCUT2D eigenvalue weighted by Crippen LogP contribution is 2.16. The SMILES string of the molecule is N[C@@H]1CCN(C(=O)CCCOc2ccccc2F)C1. The number of hydrogen-bond donors (Lipinski definition) is 1. The quantitative estimate of drug-likeness (QED) is 0.823. The lowest BCUT2D eigenvalue weighted by atomic mass is 10.3. The number of amides is 1. The second-order valence-electron chi connectivity index (χ2n) is 4.77. The van der Waals surface area contributed by atoms with Crippen molar-refractivity contribution in [3.05, 3.63) is 30.1 Å². The van der Waals surface area contributed by atoms with Crippen molar-refractivity contribution in [2.75, 3.05) is 19.7 Å². The molecule has 5 heteroatoms. The van der Waals surface area contributed by atoms with Crippen molar-refractivity contribution in [1.29, 1.82) is 0 Å². The van der Waals surface area contributed by atoms with Crippen molar-refractivity contribution in [3.63, 3.8) is 0 Å². The monoisotopic (exact) mass is 266 g/mol. The van der Waals surface area contributed by atoms with E-state index < -0.39 is 0 Å². The molecule has 1 atom stereocenters. The van der Waals surface area contributed by atoms with Gasteiger partial charge >= 0.3 is 0 Å². The number of para-hydroxylation sites is 1. The van der Waals surface area contributed by atoms with Crippen LogP contribution in [0.4, 0.5) is 4.39 Å². The zero-order chi connectivity index (χ0) is 13.7. The molecule has 0 saturated carbocycles. The van der Waals surface area contributed by atoms with Gasteiger partial charge in [0, 0.05) is 25.6 Å². The molecule has 0 bridgehead atoms. The first-order valence-electron chi connectivity index (χ1n) is 6.57. The Morgan fingerprint density at radius 3 is 2.95 bits per heavy atom. The summed E-state index contributed by atoms with van der Waals surface area (Å²) in [4.78, 5) is 13.6. The third-order valence-corrected chi connectivity index (χ3v) is 3.21. The fourth-order valence-corrected chi connectivity index (χ4v) is 2.14. The Kier molecular flexibility index (Phi) is 4.74. The van der Waals surface area contributed by atoms with Crippen LogP contribution in [0.3, 0.4) is 0 Å². The van der Waals surface area contributed by atoms with E-state index in [0.717, 1.165) is 13.0 Å². The number of halogens is 1. The van der Waals surface area contributed by atoms with E-state index in [1.807, 2.05) is 0 Å². The van der Waals surface area contributed by atoms with Gasteiger partial charge in [0.2, 0.25) is 5.91 Å². The molecular formula is C14H19FN2O2. The van der Waals surface area contributed by atoms with Crippen LogP contribution < -0.4 is 10.5 Å². The van der Waals surface area contributed by atoms with E-state index in [9.17, 15) is 9.18 Å². The third-order valence-electron chi connectivity index (χ3n) is 3.21. The second kappa shape index (κ2) is 6.52. The predicted octanol–water partition coefficient (Wildman–Crippen LogP) is 1.54. The zero-order valence-electron chi connectivity index (χ0n) is 10.8. The highest BCUT2D eigenvalue weighted by atomic mass is 19.1. The number of benzene rings is 1. The minimum Gasteiger partial charge on any atom is -0.491 e. The number of carbonyl (C=O) groups is 1. The summed E-state index contributed by atoms with van der Waals surface area (Å²) in [5.74, 6) is -0.0393. The summed E-state index contributed by atoms with van der Waals surface area (Å²) < 4.78 is 18.6. The van der Waals surface area contributed by atoms with Crippen molar-refractivity contribution < 1.29 is 13.9 Å². The minimum atomic E-state index is -0.376. The van der Waals surface area contributed by atoms with Gasteiger partial charge in [-0.1, -0.05) is 12.1 Å². The van der Waals surface area contributed by atoms with Crippen LogP contribution in [-0.2, 0) is 4.79 Å². The van der Waals surface area contributed by atoms with Crippen LogP contribution in [0.25, 0.3) is 0 Å². The Labute approximate surface area is 112 Å². The van der Waals surface area contributed by atoms with E-state index in [1.54, 1.807) is 23.1 Å². The van der Waals surface area contributed by atoms with Crippen LogP contribution in [0, 0.1) is 5.82 Å². The number of nitrogens with zero attached hydrogens (tertiary/aromatic N) is 1. The van der Waals surface area contributed by atoms with E-state index in [2.05, 4.69) is 0 Å². The zero-order valence-corrected chi connectivity index (χ0v) is 10.8. The molecule has 1 saturated heterocycles. The van der Waals surface area contributed by atoms with Gasteiger partial charge < -0.3 is 15.4 Å². The average molecular weight is 266 g/mol. The molecule has 19 heavy (non-hydrogen) atoms. The minimum absolute atomic E-state index is 0.102. The molecule has 0 spiro atoms. The fourth-order valence-electron chi connectivity index (χ4n) is 2.14. The van der Waals surface area contributed by atoms with Gasteiger partial charge in [-0.25, -0.2) is 4.39 Å². The smallest absolute Gasteiger partial charge is 0.222 e. The molecule has 1 heterocycles. The lowest BCUT2D eigenvalue weighted by Gasteiger charge is -2.15. The molecule has 0 aromatic heterocycles. The largest absolute Gasteiger partial charge is 0.491 e. The maximum Gasteiger partial charge on any atom is 0.222 e. The Balaban J connectivity index is 1.67. The first-order chi connectivity index (χ1) is 9.16. The number of nitrogens with two attached hydrogens (primary N) is 1. The van der Waals surface area contributed by atoms with E-state index in [1.165, 1.54) is 6.07 Å².